The summed E-state index contributed by atoms with van der Waals surface area (Å²) >= 11 is 5.98. The predicted molar refractivity (Wildman–Crippen MR) is 109 cm³/mol. The molecule has 3 nitrogen and oxygen atoms in total. The van der Waals surface area contributed by atoms with E-state index in [0.29, 0.717) is 10.6 Å². The molecule has 0 spiro atoms. The van der Waals surface area contributed by atoms with Crippen LogP contribution in [-0.2, 0) is 14.3 Å². The smallest absolute Gasteiger partial charge is 0.179 e. The number of carbonyl (C=O) groups is 2. The van der Waals surface area contributed by atoms with Crippen LogP contribution in [0.15, 0.2) is 49.0 Å². The monoisotopic (exact) mass is 382 g/mol. The molecule has 1 aliphatic heterocycles. The van der Waals surface area contributed by atoms with Crippen LogP contribution in [0.25, 0.3) is 17.2 Å². The van der Waals surface area contributed by atoms with Crippen LogP contribution in [0, 0.1) is 0 Å². The highest BCUT2D eigenvalue weighted by Crippen LogP contribution is 2.40. The van der Waals surface area contributed by atoms with Gasteiger partial charge in [0, 0.05) is 5.02 Å². The Bertz CT molecular complexity index is 897. The van der Waals surface area contributed by atoms with Gasteiger partial charge in [0.05, 0.1) is 0 Å². The van der Waals surface area contributed by atoms with E-state index >= 15 is 0 Å². The maximum absolute atomic E-state index is 13.1. The van der Waals surface area contributed by atoms with Crippen LogP contribution in [0.4, 0.5) is 0 Å². The minimum Gasteiger partial charge on any atom is -0.354 e. The van der Waals surface area contributed by atoms with E-state index in [4.69, 9.17) is 16.3 Å². The number of rotatable bonds is 3. The van der Waals surface area contributed by atoms with Gasteiger partial charge in [-0.25, -0.2) is 0 Å². The zero-order valence-electron chi connectivity index (χ0n) is 16.0. The lowest BCUT2D eigenvalue weighted by molar-refractivity contribution is -0.184. The van der Waals surface area contributed by atoms with Crippen LogP contribution in [0.5, 0.6) is 0 Å². The van der Waals surface area contributed by atoms with E-state index in [-0.39, 0.29) is 11.6 Å². The molecule has 3 rings (SSSR count). The fourth-order valence-corrected chi connectivity index (χ4v) is 3.79. The highest BCUT2D eigenvalue weighted by atomic mass is 35.5. The lowest BCUT2D eigenvalue weighted by atomic mass is 9.73. The van der Waals surface area contributed by atoms with Gasteiger partial charge in [-0.2, -0.15) is 0 Å². The van der Waals surface area contributed by atoms with E-state index in [0.717, 1.165) is 16.7 Å². The molecule has 2 aromatic rings. The molecule has 0 N–H and O–H groups in total. The first-order valence-electron chi connectivity index (χ1n) is 8.88. The second kappa shape index (κ2) is 6.74. The van der Waals surface area contributed by atoms with Crippen molar-refractivity contribution in [2.45, 2.75) is 44.8 Å². The third-order valence-electron chi connectivity index (χ3n) is 5.02. The van der Waals surface area contributed by atoms with E-state index in [9.17, 15) is 9.59 Å². The number of ketones is 2. The standard InChI is InChI=1S/C23H23ClO3/c1-6-14-7-8-16(15-9-11-17(24)12-10-15)13-18(14)19-20(25)22(2,3)27-23(4,5)21(19)26/h6-13,19H,1H2,2-5H3. The van der Waals surface area contributed by atoms with Crippen molar-refractivity contribution in [3.05, 3.63) is 65.2 Å². The van der Waals surface area contributed by atoms with Crippen molar-refractivity contribution in [1.29, 1.82) is 0 Å². The van der Waals surface area contributed by atoms with Gasteiger partial charge in [0.2, 0.25) is 0 Å². The average molecular weight is 383 g/mol. The fourth-order valence-electron chi connectivity index (χ4n) is 3.67. The number of benzene rings is 2. The summed E-state index contributed by atoms with van der Waals surface area (Å²) in [5.41, 5.74) is 1.22. The van der Waals surface area contributed by atoms with Crippen molar-refractivity contribution in [2.75, 3.05) is 0 Å². The minimum atomic E-state index is -1.04. The van der Waals surface area contributed by atoms with Gasteiger partial charge in [-0.3, -0.25) is 9.59 Å². The van der Waals surface area contributed by atoms with Gasteiger partial charge in [-0.15, -0.1) is 0 Å². The Morgan fingerprint density at radius 1 is 0.926 bits per heavy atom. The third-order valence-corrected chi connectivity index (χ3v) is 5.27. The molecule has 0 unspecified atom stereocenters. The van der Waals surface area contributed by atoms with E-state index in [1.54, 1.807) is 33.8 Å². The summed E-state index contributed by atoms with van der Waals surface area (Å²) in [5.74, 6) is -1.35. The van der Waals surface area contributed by atoms with Crippen molar-refractivity contribution in [1.82, 2.24) is 0 Å². The maximum Gasteiger partial charge on any atom is 0.179 e. The summed E-state index contributed by atoms with van der Waals surface area (Å²) in [6.07, 6.45) is 1.68. The molecule has 0 radical (unpaired) electrons. The van der Waals surface area contributed by atoms with Crippen molar-refractivity contribution < 1.29 is 14.3 Å². The van der Waals surface area contributed by atoms with Crippen molar-refractivity contribution in [3.8, 4) is 11.1 Å². The molecule has 0 atom stereocenters. The molecule has 1 saturated heterocycles. The molecular weight excluding hydrogens is 360 g/mol. The first-order chi connectivity index (χ1) is 12.6. The lowest BCUT2D eigenvalue weighted by Crippen LogP contribution is -2.58. The zero-order chi connectivity index (χ0) is 20.0. The van der Waals surface area contributed by atoms with Crippen LogP contribution >= 0.6 is 11.6 Å². The SMILES string of the molecule is C=Cc1ccc(-c2ccc(Cl)cc2)cc1C1C(=O)C(C)(C)OC(C)(C)C1=O. The zero-order valence-corrected chi connectivity index (χ0v) is 16.8. The minimum absolute atomic E-state index is 0.233. The van der Waals surface area contributed by atoms with Gasteiger partial charge in [-0.1, -0.05) is 48.5 Å². The summed E-state index contributed by atoms with van der Waals surface area (Å²) in [6, 6.07) is 13.2. The molecule has 1 fully saturated rings. The molecule has 1 aliphatic rings. The second-order valence-electron chi connectivity index (χ2n) is 7.84. The summed E-state index contributed by atoms with van der Waals surface area (Å²) in [6.45, 7) is 10.7. The molecular formula is C23H23ClO3. The molecule has 140 valence electrons. The highest BCUT2D eigenvalue weighted by molar-refractivity contribution is 6.30. The normalized spacial score (nSPS) is 19.1. The number of hydrogen-bond acceptors (Lipinski definition) is 3. The van der Waals surface area contributed by atoms with Crippen LogP contribution in [-0.4, -0.2) is 22.8 Å². The first-order valence-corrected chi connectivity index (χ1v) is 9.26. The average Bonchev–Trinajstić information content (AvgIpc) is 2.60. The maximum atomic E-state index is 13.1. The summed E-state index contributed by atoms with van der Waals surface area (Å²) < 4.78 is 5.80. The quantitative estimate of drug-likeness (QED) is 0.662. The van der Waals surface area contributed by atoms with Crippen LogP contribution in [0.2, 0.25) is 5.02 Å². The molecule has 0 bridgehead atoms. The van der Waals surface area contributed by atoms with E-state index in [2.05, 4.69) is 6.58 Å². The molecule has 2 aromatic carbocycles. The topological polar surface area (TPSA) is 43.4 Å². The van der Waals surface area contributed by atoms with Gasteiger partial charge in [0.25, 0.3) is 0 Å². The number of halogens is 1. The van der Waals surface area contributed by atoms with Crippen molar-refractivity contribution in [3.63, 3.8) is 0 Å². The van der Waals surface area contributed by atoms with E-state index in [1.807, 2.05) is 42.5 Å². The van der Waals surface area contributed by atoms with E-state index < -0.39 is 17.1 Å². The predicted octanol–water partition coefficient (Wildman–Crippen LogP) is 5.46. The Hall–Kier alpha value is -2.23. The van der Waals surface area contributed by atoms with Gasteiger partial charge < -0.3 is 4.74 Å². The molecule has 1 heterocycles. The van der Waals surface area contributed by atoms with Gasteiger partial charge in [0.1, 0.15) is 17.1 Å². The molecule has 0 saturated carbocycles. The Kier molecular flexibility index (Phi) is 4.87. The van der Waals surface area contributed by atoms with Gasteiger partial charge >= 0.3 is 0 Å². The van der Waals surface area contributed by atoms with Crippen molar-refractivity contribution in [2.24, 2.45) is 0 Å². The largest absolute Gasteiger partial charge is 0.354 e. The summed E-state index contributed by atoms with van der Waals surface area (Å²) in [5, 5.41) is 0.653. The van der Waals surface area contributed by atoms with Crippen LogP contribution in [0.3, 0.4) is 0 Å². The first kappa shape index (κ1) is 19.5. The lowest BCUT2D eigenvalue weighted by Gasteiger charge is -2.43. The molecule has 0 aliphatic carbocycles. The molecule has 0 amide bonds. The summed E-state index contributed by atoms with van der Waals surface area (Å²) in [4.78, 5) is 26.2. The molecule has 0 aromatic heterocycles. The van der Waals surface area contributed by atoms with Gasteiger partial charge in [-0.05, 0) is 68.1 Å². The van der Waals surface area contributed by atoms with Crippen LogP contribution < -0.4 is 0 Å². The third kappa shape index (κ3) is 3.50. The Balaban J connectivity index is 2.17. The van der Waals surface area contributed by atoms with Crippen molar-refractivity contribution >= 4 is 29.2 Å². The highest BCUT2D eigenvalue weighted by Gasteiger charge is 2.53. The molecule has 4 heteroatoms. The molecule has 27 heavy (non-hydrogen) atoms. The van der Waals surface area contributed by atoms with Crippen LogP contribution in [0.1, 0.15) is 44.7 Å². The Labute approximate surface area is 165 Å². The number of hydrogen-bond donors (Lipinski definition) is 0. The van der Waals surface area contributed by atoms with E-state index in [1.165, 1.54) is 0 Å². The second-order valence-corrected chi connectivity index (χ2v) is 8.28. The fraction of sp³-hybridized carbons (Fsp3) is 0.304. The Morgan fingerprint density at radius 2 is 1.44 bits per heavy atom. The number of ether oxygens (including phenoxy) is 1. The number of Topliss-reactive ketones (excluding diaryl/α,β-unsaturated/α-hetero) is 2. The summed E-state index contributed by atoms with van der Waals surface area (Å²) in [7, 11) is 0. The van der Waals surface area contributed by atoms with Gasteiger partial charge in [0.15, 0.2) is 11.6 Å². The Morgan fingerprint density at radius 3 is 1.96 bits per heavy atom. The number of carbonyl (C=O) groups excluding carboxylic acids is 2.